The van der Waals surface area contributed by atoms with Crippen molar-refractivity contribution in [1.82, 2.24) is 10.3 Å². The van der Waals surface area contributed by atoms with Gasteiger partial charge >= 0.3 is 0 Å². The third-order valence-electron chi connectivity index (χ3n) is 2.63. The van der Waals surface area contributed by atoms with Gasteiger partial charge in [-0.3, -0.25) is 5.01 Å². The Morgan fingerprint density at radius 3 is 2.93 bits per heavy atom. The molecule has 1 atom stereocenters. The van der Waals surface area contributed by atoms with E-state index in [0.29, 0.717) is 0 Å². The van der Waals surface area contributed by atoms with Crippen LogP contribution in [0.15, 0.2) is 42.2 Å². The highest BCUT2D eigenvalue weighted by Gasteiger charge is 2.19. The molecule has 1 fully saturated rings. The minimum absolute atomic E-state index is 0.228. The fourth-order valence-electron chi connectivity index (χ4n) is 1.39. The Hall–Kier alpha value is -1.51. The van der Waals surface area contributed by atoms with E-state index in [1.807, 2.05) is 11.9 Å². The van der Waals surface area contributed by atoms with Crippen molar-refractivity contribution in [2.24, 2.45) is 5.10 Å². The molecule has 0 saturated carbocycles. The largest absolute Gasteiger partial charge is 0.385 e. The van der Waals surface area contributed by atoms with E-state index in [1.165, 1.54) is 0 Å². The zero-order chi connectivity index (χ0) is 11.4. The second-order valence-corrected chi connectivity index (χ2v) is 3.71. The minimum atomic E-state index is 0.228. The predicted molar refractivity (Wildman–Crippen MR) is 65.8 cm³/mol. The molecule has 1 rings (SSSR count). The first-order chi connectivity index (χ1) is 7.06. The van der Waals surface area contributed by atoms with Crippen LogP contribution in [0.25, 0.3) is 0 Å². The second-order valence-electron chi connectivity index (χ2n) is 3.71. The standard InChI is InChI=1S/C12H19N3/c1-6-9(2)10(3)14-15-8-7-13-11(4)12(15)5/h6,12-13H,1-2,4,7-8H2,3,5H3/b14-10+. The minimum Gasteiger partial charge on any atom is -0.385 e. The molecule has 0 radical (unpaired) electrons. The molecule has 1 saturated heterocycles. The summed E-state index contributed by atoms with van der Waals surface area (Å²) < 4.78 is 0. The average Bonchev–Trinajstić information content (AvgIpc) is 2.23. The highest BCUT2D eigenvalue weighted by Crippen LogP contribution is 2.12. The van der Waals surface area contributed by atoms with E-state index in [-0.39, 0.29) is 6.04 Å². The van der Waals surface area contributed by atoms with Gasteiger partial charge in [-0.1, -0.05) is 25.8 Å². The van der Waals surface area contributed by atoms with Crippen LogP contribution in [0.5, 0.6) is 0 Å². The summed E-state index contributed by atoms with van der Waals surface area (Å²) in [4.78, 5) is 0. The summed E-state index contributed by atoms with van der Waals surface area (Å²) in [5, 5.41) is 9.78. The molecule has 82 valence electrons. The average molecular weight is 205 g/mol. The molecule has 0 aliphatic carbocycles. The molecule has 0 amide bonds. The Morgan fingerprint density at radius 1 is 1.67 bits per heavy atom. The van der Waals surface area contributed by atoms with Crippen LogP contribution >= 0.6 is 0 Å². The van der Waals surface area contributed by atoms with Crippen LogP contribution in [0.3, 0.4) is 0 Å². The van der Waals surface area contributed by atoms with Crippen LogP contribution in [-0.4, -0.2) is 29.9 Å². The number of allylic oxidation sites excluding steroid dienone is 2. The molecule has 0 aromatic rings. The van der Waals surface area contributed by atoms with Gasteiger partial charge in [0, 0.05) is 12.2 Å². The maximum Gasteiger partial charge on any atom is 0.0832 e. The number of rotatable bonds is 3. The van der Waals surface area contributed by atoms with Crippen LogP contribution < -0.4 is 5.32 Å². The molecule has 1 aliphatic heterocycles. The van der Waals surface area contributed by atoms with Crippen LogP contribution in [0.1, 0.15) is 13.8 Å². The summed E-state index contributed by atoms with van der Waals surface area (Å²) in [6, 6.07) is 0.228. The van der Waals surface area contributed by atoms with Crippen molar-refractivity contribution in [3.05, 3.63) is 37.1 Å². The number of nitrogens with one attached hydrogen (secondary N) is 1. The molecule has 1 heterocycles. The lowest BCUT2D eigenvalue weighted by Crippen LogP contribution is -2.45. The van der Waals surface area contributed by atoms with Gasteiger partial charge in [-0.25, -0.2) is 0 Å². The zero-order valence-electron chi connectivity index (χ0n) is 9.58. The van der Waals surface area contributed by atoms with E-state index in [9.17, 15) is 0 Å². The highest BCUT2D eigenvalue weighted by molar-refractivity contribution is 5.99. The smallest absolute Gasteiger partial charge is 0.0832 e. The second kappa shape index (κ2) is 4.82. The molecular formula is C12H19N3. The van der Waals surface area contributed by atoms with Crippen molar-refractivity contribution < 1.29 is 0 Å². The molecule has 0 spiro atoms. The van der Waals surface area contributed by atoms with Crippen molar-refractivity contribution in [1.29, 1.82) is 0 Å². The Morgan fingerprint density at radius 2 is 2.33 bits per heavy atom. The lowest BCUT2D eigenvalue weighted by atomic mass is 10.2. The van der Waals surface area contributed by atoms with Crippen molar-refractivity contribution in [2.75, 3.05) is 13.1 Å². The summed E-state index contributed by atoms with van der Waals surface area (Å²) in [5.74, 6) is 0. The van der Waals surface area contributed by atoms with Gasteiger partial charge in [0.2, 0.25) is 0 Å². The van der Waals surface area contributed by atoms with Gasteiger partial charge in [-0.15, -0.1) is 0 Å². The third kappa shape index (κ3) is 2.72. The molecule has 1 aliphatic rings. The van der Waals surface area contributed by atoms with E-state index in [4.69, 9.17) is 0 Å². The Kier molecular flexibility index (Phi) is 3.72. The number of hydrogen-bond acceptors (Lipinski definition) is 3. The summed E-state index contributed by atoms with van der Waals surface area (Å²) >= 11 is 0. The van der Waals surface area contributed by atoms with Gasteiger partial charge in [0.05, 0.1) is 18.3 Å². The van der Waals surface area contributed by atoms with Crippen LogP contribution in [0.4, 0.5) is 0 Å². The predicted octanol–water partition coefficient (Wildman–Crippen LogP) is 1.91. The summed E-state index contributed by atoms with van der Waals surface area (Å²) in [6.07, 6.45) is 1.72. The number of hydrazone groups is 1. The van der Waals surface area contributed by atoms with Crippen molar-refractivity contribution in [3.8, 4) is 0 Å². The number of piperazine rings is 1. The Bertz CT molecular complexity index is 315. The zero-order valence-corrected chi connectivity index (χ0v) is 9.58. The molecular weight excluding hydrogens is 186 g/mol. The van der Waals surface area contributed by atoms with E-state index in [0.717, 1.165) is 30.1 Å². The van der Waals surface area contributed by atoms with Gasteiger partial charge in [0.1, 0.15) is 0 Å². The Labute approximate surface area is 91.9 Å². The lowest BCUT2D eigenvalue weighted by Gasteiger charge is -2.34. The monoisotopic (exact) mass is 205 g/mol. The van der Waals surface area contributed by atoms with E-state index in [1.54, 1.807) is 6.08 Å². The van der Waals surface area contributed by atoms with Gasteiger partial charge in [-0.05, 0) is 19.4 Å². The van der Waals surface area contributed by atoms with Crippen LogP contribution in [0, 0.1) is 0 Å². The van der Waals surface area contributed by atoms with Gasteiger partial charge in [-0.2, -0.15) is 5.10 Å². The third-order valence-corrected chi connectivity index (χ3v) is 2.63. The van der Waals surface area contributed by atoms with Crippen molar-refractivity contribution in [3.63, 3.8) is 0 Å². The topological polar surface area (TPSA) is 27.6 Å². The molecule has 1 N–H and O–H groups in total. The van der Waals surface area contributed by atoms with E-state index < -0.39 is 0 Å². The first-order valence-electron chi connectivity index (χ1n) is 5.12. The molecule has 0 bridgehead atoms. The van der Waals surface area contributed by atoms with Crippen molar-refractivity contribution >= 4 is 5.71 Å². The normalized spacial score (nSPS) is 22.3. The number of nitrogens with zero attached hydrogens (tertiary/aromatic N) is 2. The van der Waals surface area contributed by atoms with Gasteiger partial charge in [0.25, 0.3) is 0 Å². The fourth-order valence-corrected chi connectivity index (χ4v) is 1.39. The van der Waals surface area contributed by atoms with Gasteiger partial charge in [0.15, 0.2) is 0 Å². The first kappa shape index (κ1) is 11.6. The molecule has 0 aromatic heterocycles. The van der Waals surface area contributed by atoms with Crippen molar-refractivity contribution in [2.45, 2.75) is 19.9 Å². The summed E-state index contributed by atoms with van der Waals surface area (Å²) in [7, 11) is 0. The summed E-state index contributed by atoms with van der Waals surface area (Å²) in [6.45, 7) is 17.3. The SMILES string of the molecule is C=CC(=C)/C(C)=N/N1CCNC(=C)C1C. The molecule has 3 nitrogen and oxygen atoms in total. The van der Waals surface area contributed by atoms with Gasteiger partial charge < -0.3 is 5.32 Å². The van der Waals surface area contributed by atoms with Crippen LogP contribution in [0.2, 0.25) is 0 Å². The van der Waals surface area contributed by atoms with E-state index >= 15 is 0 Å². The maximum absolute atomic E-state index is 4.52. The Balaban J connectivity index is 2.75. The molecule has 15 heavy (non-hydrogen) atoms. The quantitative estimate of drug-likeness (QED) is 0.563. The first-order valence-corrected chi connectivity index (χ1v) is 5.12. The van der Waals surface area contributed by atoms with Crippen LogP contribution in [-0.2, 0) is 0 Å². The fraction of sp³-hybridized carbons (Fsp3) is 0.417. The lowest BCUT2D eigenvalue weighted by molar-refractivity contribution is 0.213. The molecule has 1 unspecified atom stereocenters. The number of hydrogen-bond donors (Lipinski definition) is 1. The maximum atomic E-state index is 4.52. The van der Waals surface area contributed by atoms with E-state index in [2.05, 4.69) is 37.1 Å². The molecule has 0 aromatic carbocycles. The summed E-state index contributed by atoms with van der Waals surface area (Å²) in [5.41, 5.74) is 2.79. The highest BCUT2D eigenvalue weighted by atomic mass is 15.5. The molecule has 3 heteroatoms.